The molecule has 0 unspecified atom stereocenters. The quantitative estimate of drug-likeness (QED) is 0.511. The second kappa shape index (κ2) is 8.31. The van der Waals surface area contributed by atoms with E-state index in [2.05, 4.69) is 54.1 Å². The smallest absolute Gasteiger partial charge is 0.328 e. The monoisotopic (exact) mass is 420 g/mol. The highest BCUT2D eigenvalue weighted by Gasteiger charge is 2.42. The first-order chi connectivity index (χ1) is 14.8. The van der Waals surface area contributed by atoms with E-state index < -0.39 is 5.97 Å². The molecule has 2 heterocycles. The van der Waals surface area contributed by atoms with Crippen LogP contribution in [0.25, 0.3) is 17.0 Å². The van der Waals surface area contributed by atoms with Crippen LogP contribution in [0.4, 0.5) is 4.39 Å². The molecule has 3 aromatic rings. The summed E-state index contributed by atoms with van der Waals surface area (Å²) in [5, 5.41) is 10.1. The topological polar surface area (TPSA) is 56.3 Å². The molecule has 4 rings (SSSR count). The van der Waals surface area contributed by atoms with Gasteiger partial charge in [-0.25, -0.2) is 4.79 Å². The third kappa shape index (κ3) is 4.15. The first-order valence-electron chi connectivity index (χ1n) is 10.7. The number of carboxylic acid groups (broad SMARTS) is 1. The molecular weight excluding hydrogens is 391 g/mol. The highest BCUT2D eigenvalue weighted by molar-refractivity contribution is 5.86. The number of rotatable bonds is 6. The molecule has 0 amide bonds. The van der Waals surface area contributed by atoms with Gasteiger partial charge in [0.1, 0.15) is 0 Å². The molecule has 0 aliphatic carbocycles. The lowest BCUT2D eigenvalue weighted by Gasteiger charge is -2.48. The van der Waals surface area contributed by atoms with Gasteiger partial charge in [0.2, 0.25) is 0 Å². The zero-order chi connectivity index (χ0) is 22.2. The number of para-hydroxylation sites is 1. The van der Waals surface area contributed by atoms with E-state index in [0.29, 0.717) is 6.54 Å². The van der Waals surface area contributed by atoms with Crippen LogP contribution in [0.15, 0.2) is 54.6 Å². The summed E-state index contributed by atoms with van der Waals surface area (Å²) in [7, 11) is 0. The van der Waals surface area contributed by atoms with Gasteiger partial charge in [-0.1, -0.05) is 49.4 Å². The highest BCUT2D eigenvalue weighted by Crippen LogP contribution is 2.45. The maximum Gasteiger partial charge on any atom is 0.328 e. The zero-order valence-electron chi connectivity index (χ0n) is 18.2. The molecule has 0 fully saturated rings. The summed E-state index contributed by atoms with van der Waals surface area (Å²) < 4.78 is 13.5. The van der Waals surface area contributed by atoms with Gasteiger partial charge in [-0.05, 0) is 55.0 Å². The molecule has 4 nitrogen and oxygen atoms in total. The Morgan fingerprint density at radius 3 is 2.65 bits per heavy atom. The van der Waals surface area contributed by atoms with Crippen molar-refractivity contribution in [1.82, 2.24) is 9.88 Å². The Kier molecular flexibility index (Phi) is 5.71. The molecular formula is C26H29FN2O2. The Bertz CT molecular complexity index is 1110. The van der Waals surface area contributed by atoms with E-state index in [1.165, 1.54) is 16.6 Å². The number of alkyl halides is 1. The lowest BCUT2D eigenvalue weighted by Crippen LogP contribution is -2.53. The van der Waals surface area contributed by atoms with Gasteiger partial charge in [-0.3, -0.25) is 9.29 Å². The largest absolute Gasteiger partial charge is 0.478 e. The molecule has 0 spiro atoms. The minimum absolute atomic E-state index is 0.0300. The number of aromatic amines is 1. The van der Waals surface area contributed by atoms with Crippen LogP contribution in [-0.4, -0.2) is 39.7 Å². The number of carbonyl (C=O) groups is 1. The minimum atomic E-state index is -0.966. The number of halogens is 1. The number of nitrogens with one attached hydrogen (secondary N) is 1. The fraction of sp³-hybridized carbons (Fsp3) is 0.346. The van der Waals surface area contributed by atoms with Crippen LogP contribution in [0, 0.1) is 5.92 Å². The second-order valence-electron chi connectivity index (χ2n) is 9.20. The Morgan fingerprint density at radius 2 is 1.97 bits per heavy atom. The molecule has 0 radical (unpaired) electrons. The van der Waals surface area contributed by atoms with Crippen molar-refractivity contribution in [2.24, 2.45) is 5.92 Å². The maximum atomic E-state index is 13.5. The molecule has 0 saturated heterocycles. The molecule has 2 atom stereocenters. The van der Waals surface area contributed by atoms with E-state index in [4.69, 9.17) is 5.11 Å². The lowest BCUT2D eigenvalue weighted by molar-refractivity contribution is -0.131. The van der Waals surface area contributed by atoms with Crippen LogP contribution in [0.1, 0.15) is 49.2 Å². The van der Waals surface area contributed by atoms with Crippen LogP contribution in [0.3, 0.4) is 0 Å². The number of aliphatic carboxylic acids is 1. The van der Waals surface area contributed by atoms with Crippen LogP contribution < -0.4 is 0 Å². The summed E-state index contributed by atoms with van der Waals surface area (Å²) in [5.74, 6) is -1.03. The van der Waals surface area contributed by atoms with Gasteiger partial charge in [0.05, 0.1) is 12.7 Å². The van der Waals surface area contributed by atoms with Crippen molar-refractivity contribution >= 4 is 22.9 Å². The predicted octanol–water partition coefficient (Wildman–Crippen LogP) is 5.60. The maximum absolute atomic E-state index is 13.5. The zero-order valence-corrected chi connectivity index (χ0v) is 18.2. The Balaban J connectivity index is 1.83. The number of benzene rings is 2. The van der Waals surface area contributed by atoms with E-state index in [1.54, 1.807) is 6.08 Å². The summed E-state index contributed by atoms with van der Waals surface area (Å²) in [6.07, 6.45) is 3.62. The summed E-state index contributed by atoms with van der Waals surface area (Å²) in [4.78, 5) is 16.9. The minimum Gasteiger partial charge on any atom is -0.478 e. The highest BCUT2D eigenvalue weighted by atomic mass is 19.1. The Morgan fingerprint density at radius 1 is 1.26 bits per heavy atom. The fourth-order valence-corrected chi connectivity index (χ4v) is 4.72. The first-order valence-corrected chi connectivity index (χ1v) is 10.7. The van der Waals surface area contributed by atoms with Crippen molar-refractivity contribution in [2.45, 2.75) is 38.8 Å². The number of aromatic nitrogens is 1. The van der Waals surface area contributed by atoms with Gasteiger partial charge in [-0.2, -0.15) is 0 Å². The standard InChI is InChI=1S/C26H29FN2O2/c1-17(15-27)16-29-25(19-11-8-18(9-12-19)10-13-23(30)31)24-21(14-26(29,2)3)20-6-4-5-7-22(20)28-24/h4-13,17,25,28H,14-16H2,1-3H3,(H,30,31)/b13-10+/t17-,25-/m1/s1. The lowest BCUT2D eigenvalue weighted by atomic mass is 9.80. The average Bonchev–Trinajstić information content (AvgIpc) is 3.10. The molecule has 2 N–H and O–H groups in total. The first kappa shape index (κ1) is 21.3. The second-order valence-corrected chi connectivity index (χ2v) is 9.20. The van der Waals surface area contributed by atoms with Gasteiger partial charge in [0, 0.05) is 34.8 Å². The summed E-state index contributed by atoms with van der Waals surface area (Å²) in [6.45, 7) is 6.73. The van der Waals surface area contributed by atoms with E-state index in [0.717, 1.165) is 29.1 Å². The molecule has 0 bridgehead atoms. The number of nitrogens with zero attached hydrogens (tertiary/aromatic N) is 1. The molecule has 2 aromatic carbocycles. The van der Waals surface area contributed by atoms with Crippen LogP contribution in [0.2, 0.25) is 0 Å². The fourth-order valence-electron chi connectivity index (χ4n) is 4.72. The SMILES string of the molecule is C[C@H](CF)CN1[C@H](c2ccc(/C=C/C(=O)O)cc2)c2[nH]c3ccccc3c2CC1(C)C. The summed E-state index contributed by atoms with van der Waals surface area (Å²) >= 11 is 0. The normalized spacial score (nSPS) is 19.5. The molecule has 1 aromatic heterocycles. The third-order valence-electron chi connectivity index (χ3n) is 6.26. The number of carboxylic acids is 1. The van der Waals surface area contributed by atoms with Crippen molar-refractivity contribution in [3.8, 4) is 0 Å². The Labute approximate surface area is 182 Å². The van der Waals surface area contributed by atoms with Crippen molar-refractivity contribution in [1.29, 1.82) is 0 Å². The molecule has 31 heavy (non-hydrogen) atoms. The number of H-pyrrole nitrogens is 1. The van der Waals surface area contributed by atoms with E-state index >= 15 is 0 Å². The number of fused-ring (bicyclic) bond motifs is 3. The Hall–Kier alpha value is -2.92. The van der Waals surface area contributed by atoms with E-state index in [-0.39, 0.29) is 24.2 Å². The summed E-state index contributed by atoms with van der Waals surface area (Å²) in [6, 6.07) is 16.3. The summed E-state index contributed by atoms with van der Waals surface area (Å²) in [5.41, 5.74) is 5.41. The third-order valence-corrected chi connectivity index (χ3v) is 6.26. The molecule has 1 aliphatic rings. The van der Waals surface area contributed by atoms with Crippen molar-refractivity contribution < 1.29 is 14.3 Å². The van der Waals surface area contributed by atoms with E-state index in [9.17, 15) is 9.18 Å². The van der Waals surface area contributed by atoms with Gasteiger partial charge >= 0.3 is 5.97 Å². The van der Waals surface area contributed by atoms with Gasteiger partial charge < -0.3 is 10.1 Å². The predicted molar refractivity (Wildman–Crippen MR) is 123 cm³/mol. The van der Waals surface area contributed by atoms with Gasteiger partial charge in [0.25, 0.3) is 0 Å². The molecule has 0 saturated carbocycles. The average molecular weight is 421 g/mol. The van der Waals surface area contributed by atoms with E-state index in [1.807, 2.05) is 25.1 Å². The van der Waals surface area contributed by atoms with Crippen LogP contribution in [0.5, 0.6) is 0 Å². The van der Waals surface area contributed by atoms with Crippen molar-refractivity contribution in [3.05, 3.63) is 77.0 Å². The van der Waals surface area contributed by atoms with Gasteiger partial charge in [0.15, 0.2) is 0 Å². The van der Waals surface area contributed by atoms with Crippen LogP contribution in [-0.2, 0) is 11.2 Å². The van der Waals surface area contributed by atoms with Crippen molar-refractivity contribution in [2.75, 3.05) is 13.2 Å². The van der Waals surface area contributed by atoms with Crippen LogP contribution >= 0.6 is 0 Å². The van der Waals surface area contributed by atoms with Gasteiger partial charge in [-0.15, -0.1) is 0 Å². The number of hydrogen-bond donors (Lipinski definition) is 2. The van der Waals surface area contributed by atoms with Crippen molar-refractivity contribution in [3.63, 3.8) is 0 Å². The number of hydrogen-bond acceptors (Lipinski definition) is 2. The molecule has 162 valence electrons. The molecule has 5 heteroatoms. The molecule has 1 aliphatic heterocycles.